The van der Waals surface area contributed by atoms with Gasteiger partial charge in [-0.15, -0.1) is 0 Å². The maximum atomic E-state index is 6.19. The lowest BCUT2D eigenvalue weighted by molar-refractivity contribution is 0.0819. The molecule has 1 N–H and O–H groups in total. The van der Waals surface area contributed by atoms with E-state index in [2.05, 4.69) is 43.1 Å². The molecule has 1 fully saturated rings. The summed E-state index contributed by atoms with van der Waals surface area (Å²) in [5, 5.41) is 4.36. The number of nitrogens with zero attached hydrogens (tertiary/aromatic N) is 1. The summed E-state index contributed by atoms with van der Waals surface area (Å²) in [6.07, 6.45) is 2.58. The first kappa shape index (κ1) is 16.6. The van der Waals surface area contributed by atoms with Gasteiger partial charge in [0, 0.05) is 43.0 Å². The molecule has 0 saturated carbocycles. The number of benzene rings is 1. The zero-order valence-corrected chi connectivity index (χ0v) is 14.3. The minimum absolute atomic E-state index is 0.0998. The topological polar surface area (TPSA) is 24.5 Å². The van der Waals surface area contributed by atoms with Gasteiger partial charge in [0.1, 0.15) is 0 Å². The number of hydrogen-bond acceptors (Lipinski definition) is 3. The minimum atomic E-state index is 0.0998. The van der Waals surface area contributed by atoms with E-state index >= 15 is 0 Å². The van der Waals surface area contributed by atoms with Crippen molar-refractivity contribution in [3.63, 3.8) is 0 Å². The van der Waals surface area contributed by atoms with Crippen LogP contribution in [0.1, 0.15) is 39.2 Å². The Hall–Kier alpha value is -0.770. The molecule has 118 valence electrons. The van der Waals surface area contributed by atoms with E-state index in [1.54, 1.807) is 7.11 Å². The van der Waals surface area contributed by atoms with Crippen LogP contribution in [-0.4, -0.2) is 31.8 Å². The molecule has 0 radical (unpaired) electrons. The van der Waals surface area contributed by atoms with Gasteiger partial charge in [-0.25, -0.2) is 0 Å². The van der Waals surface area contributed by atoms with Crippen LogP contribution in [0.2, 0.25) is 5.02 Å². The van der Waals surface area contributed by atoms with Crippen molar-refractivity contribution in [1.29, 1.82) is 0 Å². The monoisotopic (exact) mass is 310 g/mol. The highest BCUT2D eigenvalue weighted by Crippen LogP contribution is 2.28. The second-order valence-electron chi connectivity index (χ2n) is 6.80. The summed E-state index contributed by atoms with van der Waals surface area (Å²) in [6.45, 7) is 9.47. The van der Waals surface area contributed by atoms with E-state index in [9.17, 15) is 0 Å². The third kappa shape index (κ3) is 4.87. The van der Waals surface area contributed by atoms with Gasteiger partial charge < -0.3 is 15.0 Å². The normalized spacial score (nSPS) is 17.3. The van der Waals surface area contributed by atoms with Crippen LogP contribution in [0.4, 0.5) is 5.69 Å². The number of methoxy groups -OCH3 is 1. The number of ether oxygens (including phenoxy) is 1. The van der Waals surface area contributed by atoms with Gasteiger partial charge in [-0.3, -0.25) is 0 Å². The van der Waals surface area contributed by atoms with Gasteiger partial charge in [0.25, 0.3) is 0 Å². The molecule has 4 heteroatoms. The average Bonchev–Trinajstić information content (AvgIpc) is 2.45. The largest absolute Gasteiger partial charge is 0.381 e. The van der Waals surface area contributed by atoms with Crippen molar-refractivity contribution in [2.75, 3.05) is 25.1 Å². The molecular weight excluding hydrogens is 284 g/mol. The van der Waals surface area contributed by atoms with Crippen molar-refractivity contribution in [3.05, 3.63) is 28.8 Å². The summed E-state index contributed by atoms with van der Waals surface area (Å²) in [5.74, 6) is 0. The first-order valence-electron chi connectivity index (χ1n) is 7.70. The molecule has 1 saturated heterocycles. The molecule has 0 aliphatic carbocycles. The highest BCUT2D eigenvalue weighted by molar-refractivity contribution is 6.30. The third-order valence-electron chi connectivity index (χ3n) is 3.97. The predicted octanol–water partition coefficient (Wildman–Crippen LogP) is 3.84. The maximum absolute atomic E-state index is 6.19. The Balaban J connectivity index is 2.11. The molecule has 1 aromatic carbocycles. The Bertz CT molecular complexity index is 462. The van der Waals surface area contributed by atoms with E-state index in [-0.39, 0.29) is 5.54 Å². The zero-order valence-electron chi connectivity index (χ0n) is 13.6. The number of halogens is 1. The van der Waals surface area contributed by atoms with Gasteiger partial charge >= 0.3 is 0 Å². The molecule has 1 aliphatic heterocycles. The molecule has 21 heavy (non-hydrogen) atoms. The van der Waals surface area contributed by atoms with Crippen molar-refractivity contribution in [1.82, 2.24) is 5.32 Å². The molecule has 3 nitrogen and oxygen atoms in total. The third-order valence-corrected chi connectivity index (χ3v) is 4.20. The van der Waals surface area contributed by atoms with Crippen molar-refractivity contribution in [3.8, 4) is 0 Å². The van der Waals surface area contributed by atoms with Crippen molar-refractivity contribution < 1.29 is 4.74 Å². The summed E-state index contributed by atoms with van der Waals surface area (Å²) < 4.78 is 5.46. The second-order valence-corrected chi connectivity index (χ2v) is 7.24. The number of nitrogens with one attached hydrogen (secondary N) is 1. The van der Waals surface area contributed by atoms with Gasteiger partial charge in [-0.1, -0.05) is 11.6 Å². The molecule has 0 amide bonds. The van der Waals surface area contributed by atoms with Gasteiger partial charge in [0.15, 0.2) is 0 Å². The summed E-state index contributed by atoms with van der Waals surface area (Å²) >= 11 is 6.19. The standard InChI is InChI=1S/C17H27ClN2O/c1-17(2,3)19-12-13-11-14(18)5-6-16(13)20-9-7-15(21-4)8-10-20/h5-6,11,15,19H,7-10,12H2,1-4H3. The fraction of sp³-hybridized carbons (Fsp3) is 0.647. The van der Waals surface area contributed by atoms with E-state index in [1.807, 2.05) is 6.07 Å². The summed E-state index contributed by atoms with van der Waals surface area (Å²) in [5.41, 5.74) is 2.67. The van der Waals surface area contributed by atoms with E-state index in [1.165, 1.54) is 11.3 Å². The first-order chi connectivity index (χ1) is 9.89. The van der Waals surface area contributed by atoms with Crippen LogP contribution in [0.3, 0.4) is 0 Å². The Labute approximate surface area is 133 Å². The van der Waals surface area contributed by atoms with Crippen molar-refractivity contribution >= 4 is 17.3 Å². The molecular formula is C17H27ClN2O. The first-order valence-corrected chi connectivity index (χ1v) is 8.08. The van der Waals surface area contributed by atoms with Gasteiger partial charge in [-0.2, -0.15) is 0 Å². The fourth-order valence-corrected chi connectivity index (χ4v) is 2.89. The lowest BCUT2D eigenvalue weighted by Gasteiger charge is -2.34. The molecule has 0 bridgehead atoms. The van der Waals surface area contributed by atoms with Crippen LogP contribution < -0.4 is 10.2 Å². The zero-order chi connectivity index (χ0) is 15.5. The maximum Gasteiger partial charge on any atom is 0.0605 e. The van der Waals surface area contributed by atoms with Crippen LogP contribution in [0.25, 0.3) is 0 Å². The smallest absolute Gasteiger partial charge is 0.0605 e. The molecule has 0 aromatic heterocycles. The highest BCUT2D eigenvalue weighted by atomic mass is 35.5. The SMILES string of the molecule is COC1CCN(c2ccc(Cl)cc2CNC(C)(C)C)CC1. The Morgan fingerprint density at radius 1 is 1.29 bits per heavy atom. The summed E-state index contributed by atoms with van der Waals surface area (Å²) in [4.78, 5) is 2.45. The van der Waals surface area contributed by atoms with E-state index in [0.717, 1.165) is 37.5 Å². The fourth-order valence-electron chi connectivity index (χ4n) is 2.70. The Morgan fingerprint density at radius 2 is 1.95 bits per heavy atom. The lowest BCUT2D eigenvalue weighted by Crippen LogP contribution is -2.38. The number of piperidine rings is 1. The molecule has 0 spiro atoms. The van der Waals surface area contributed by atoms with Crippen molar-refractivity contribution in [2.45, 2.75) is 51.8 Å². The number of rotatable bonds is 4. The summed E-state index contributed by atoms with van der Waals surface area (Å²) in [6, 6.07) is 6.22. The van der Waals surface area contributed by atoms with Crippen LogP contribution in [0.5, 0.6) is 0 Å². The van der Waals surface area contributed by atoms with Gasteiger partial charge in [0.05, 0.1) is 6.10 Å². The quantitative estimate of drug-likeness (QED) is 0.914. The Kier molecular flexibility index (Phi) is 5.53. The van der Waals surface area contributed by atoms with E-state index in [0.29, 0.717) is 6.10 Å². The molecule has 2 rings (SSSR count). The number of anilines is 1. The van der Waals surface area contributed by atoms with Crippen LogP contribution in [-0.2, 0) is 11.3 Å². The molecule has 0 unspecified atom stereocenters. The summed E-state index contributed by atoms with van der Waals surface area (Å²) in [7, 11) is 1.81. The predicted molar refractivity (Wildman–Crippen MR) is 90.3 cm³/mol. The van der Waals surface area contributed by atoms with Crippen LogP contribution in [0.15, 0.2) is 18.2 Å². The van der Waals surface area contributed by atoms with Crippen molar-refractivity contribution in [2.24, 2.45) is 0 Å². The molecule has 1 aromatic rings. The Morgan fingerprint density at radius 3 is 2.52 bits per heavy atom. The van der Waals surface area contributed by atoms with Gasteiger partial charge in [-0.05, 0) is 57.4 Å². The highest BCUT2D eigenvalue weighted by Gasteiger charge is 2.21. The van der Waals surface area contributed by atoms with E-state index in [4.69, 9.17) is 16.3 Å². The number of hydrogen-bond donors (Lipinski definition) is 1. The lowest BCUT2D eigenvalue weighted by atomic mass is 10.0. The van der Waals surface area contributed by atoms with Gasteiger partial charge in [0.2, 0.25) is 0 Å². The molecule has 1 heterocycles. The van der Waals surface area contributed by atoms with E-state index < -0.39 is 0 Å². The molecule has 1 aliphatic rings. The second kappa shape index (κ2) is 6.99. The van der Waals surface area contributed by atoms with Crippen LogP contribution in [0, 0.1) is 0 Å². The minimum Gasteiger partial charge on any atom is -0.381 e. The molecule has 0 atom stereocenters. The average molecular weight is 311 g/mol. The van der Waals surface area contributed by atoms with Crippen LogP contribution >= 0.6 is 11.6 Å².